The Balaban J connectivity index is 2.19. The smallest absolute Gasteiger partial charge is 0.244 e. The molecule has 2 heterocycles. The monoisotopic (exact) mass is 366 g/mol. The van der Waals surface area contributed by atoms with Crippen LogP contribution in [0.15, 0.2) is 14.7 Å². The van der Waals surface area contributed by atoms with E-state index in [0.29, 0.717) is 31.1 Å². The number of hydrogen-bond acceptors (Lipinski definition) is 4. The van der Waals surface area contributed by atoms with Gasteiger partial charge in [0.2, 0.25) is 15.9 Å². The van der Waals surface area contributed by atoms with E-state index in [-0.39, 0.29) is 5.91 Å². The summed E-state index contributed by atoms with van der Waals surface area (Å²) < 4.78 is 27.3. The third-order valence-corrected chi connectivity index (χ3v) is 6.85. The lowest BCUT2D eigenvalue weighted by molar-refractivity contribution is -0.129. The maximum atomic E-state index is 12.5. The number of rotatable bonds is 2. The molecule has 0 spiro atoms. The van der Waals surface area contributed by atoms with Crippen molar-refractivity contribution in [3.63, 3.8) is 0 Å². The highest BCUT2D eigenvalue weighted by atomic mass is 79.9. The molecule has 0 radical (unpaired) electrons. The fourth-order valence-electron chi connectivity index (χ4n) is 2.07. The highest BCUT2D eigenvalue weighted by Crippen LogP contribution is 2.31. The number of halogens is 1. The maximum Gasteiger partial charge on any atom is 0.244 e. The van der Waals surface area contributed by atoms with Crippen LogP contribution in [0.25, 0.3) is 0 Å². The quantitative estimate of drug-likeness (QED) is 0.799. The first kappa shape index (κ1) is 15.0. The molecular weight excluding hydrogens is 352 g/mol. The SMILES string of the molecule is CC(=O)N1CCN(S(=O)(=O)c2cc(Br)sc2C)CC1. The van der Waals surface area contributed by atoms with Crippen molar-refractivity contribution in [2.45, 2.75) is 18.7 Å². The zero-order valence-corrected chi connectivity index (χ0v) is 13.9. The van der Waals surface area contributed by atoms with Gasteiger partial charge in [0.1, 0.15) is 0 Å². The third kappa shape index (κ3) is 3.01. The first-order valence-electron chi connectivity index (χ1n) is 5.84. The van der Waals surface area contributed by atoms with E-state index in [0.717, 1.165) is 8.66 Å². The molecule has 106 valence electrons. The number of carbonyl (C=O) groups excluding carboxylic acids is 1. The van der Waals surface area contributed by atoms with Gasteiger partial charge in [0.05, 0.1) is 8.68 Å². The van der Waals surface area contributed by atoms with Crippen molar-refractivity contribution in [2.75, 3.05) is 26.2 Å². The van der Waals surface area contributed by atoms with Crippen LogP contribution in [0.2, 0.25) is 0 Å². The minimum atomic E-state index is -3.45. The van der Waals surface area contributed by atoms with Crippen LogP contribution in [-0.2, 0) is 14.8 Å². The molecular formula is C11H15BrN2O3S2. The Morgan fingerprint density at radius 3 is 2.32 bits per heavy atom. The van der Waals surface area contributed by atoms with E-state index in [2.05, 4.69) is 15.9 Å². The molecule has 0 aromatic carbocycles. The molecule has 0 unspecified atom stereocenters. The zero-order chi connectivity index (χ0) is 14.2. The molecule has 1 aliphatic rings. The molecule has 5 nitrogen and oxygen atoms in total. The molecule has 2 rings (SSSR count). The van der Waals surface area contributed by atoms with Gasteiger partial charge in [0.25, 0.3) is 0 Å². The summed E-state index contributed by atoms with van der Waals surface area (Å²) in [5.41, 5.74) is 0. The number of sulfonamides is 1. The molecule has 1 amide bonds. The highest BCUT2D eigenvalue weighted by Gasteiger charge is 2.31. The van der Waals surface area contributed by atoms with Crippen molar-refractivity contribution in [1.29, 1.82) is 0 Å². The van der Waals surface area contributed by atoms with Crippen LogP contribution >= 0.6 is 27.3 Å². The lowest BCUT2D eigenvalue weighted by Gasteiger charge is -2.33. The van der Waals surface area contributed by atoms with Crippen molar-refractivity contribution < 1.29 is 13.2 Å². The molecule has 0 bridgehead atoms. The summed E-state index contributed by atoms with van der Waals surface area (Å²) in [4.78, 5) is 14.0. The van der Waals surface area contributed by atoms with Gasteiger partial charge in [-0.05, 0) is 28.9 Å². The second-order valence-electron chi connectivity index (χ2n) is 4.38. The van der Waals surface area contributed by atoms with Crippen LogP contribution in [0.3, 0.4) is 0 Å². The lowest BCUT2D eigenvalue weighted by atomic mass is 10.3. The molecule has 1 aromatic rings. The molecule has 1 saturated heterocycles. The van der Waals surface area contributed by atoms with Crippen LogP contribution in [-0.4, -0.2) is 49.7 Å². The van der Waals surface area contributed by atoms with Gasteiger partial charge in [-0.15, -0.1) is 11.3 Å². The molecule has 0 N–H and O–H groups in total. The van der Waals surface area contributed by atoms with Crippen LogP contribution < -0.4 is 0 Å². The fourth-order valence-corrected chi connectivity index (χ4v) is 5.87. The van der Waals surface area contributed by atoms with Gasteiger partial charge in [-0.25, -0.2) is 8.42 Å². The minimum Gasteiger partial charge on any atom is -0.340 e. The minimum absolute atomic E-state index is 0.00786. The average molecular weight is 367 g/mol. The number of hydrogen-bond donors (Lipinski definition) is 0. The number of carbonyl (C=O) groups is 1. The van der Waals surface area contributed by atoms with Gasteiger partial charge in [-0.1, -0.05) is 0 Å². The summed E-state index contributed by atoms with van der Waals surface area (Å²) in [5, 5.41) is 0. The predicted octanol–water partition coefficient (Wildman–Crippen LogP) is 1.67. The van der Waals surface area contributed by atoms with Gasteiger partial charge in [0.15, 0.2) is 0 Å². The average Bonchev–Trinajstić information content (AvgIpc) is 2.69. The number of nitrogens with zero attached hydrogens (tertiary/aromatic N) is 2. The van der Waals surface area contributed by atoms with Gasteiger partial charge in [0, 0.05) is 38.0 Å². The van der Waals surface area contributed by atoms with Gasteiger partial charge in [-0.3, -0.25) is 4.79 Å². The Labute approximate surface area is 125 Å². The summed E-state index contributed by atoms with van der Waals surface area (Å²) in [6.07, 6.45) is 0. The van der Waals surface area contributed by atoms with Crippen molar-refractivity contribution in [3.05, 3.63) is 14.7 Å². The van der Waals surface area contributed by atoms with E-state index >= 15 is 0 Å². The second-order valence-corrected chi connectivity index (χ2v) is 8.92. The molecule has 1 aromatic heterocycles. The predicted molar refractivity (Wildman–Crippen MR) is 77.8 cm³/mol. The largest absolute Gasteiger partial charge is 0.340 e. The standard InChI is InChI=1S/C11H15BrN2O3S2/c1-8-10(7-11(12)18-8)19(16,17)14-5-3-13(4-6-14)9(2)15/h7H,3-6H2,1-2H3. The molecule has 1 fully saturated rings. The van der Waals surface area contributed by atoms with Crippen molar-refractivity contribution in [1.82, 2.24) is 9.21 Å². The first-order chi connectivity index (χ1) is 8.82. The molecule has 1 aliphatic heterocycles. The number of thiophene rings is 1. The molecule has 8 heteroatoms. The molecule has 0 saturated carbocycles. The summed E-state index contributed by atoms with van der Waals surface area (Å²) >= 11 is 4.72. The summed E-state index contributed by atoms with van der Waals surface area (Å²) in [5.74, 6) is -0.00786. The van der Waals surface area contributed by atoms with E-state index in [1.54, 1.807) is 17.9 Å². The Morgan fingerprint density at radius 1 is 1.32 bits per heavy atom. The van der Waals surface area contributed by atoms with Crippen molar-refractivity contribution in [3.8, 4) is 0 Å². The van der Waals surface area contributed by atoms with Crippen molar-refractivity contribution >= 4 is 43.2 Å². The summed E-state index contributed by atoms with van der Waals surface area (Å²) in [7, 11) is -3.45. The van der Waals surface area contributed by atoms with Gasteiger partial charge in [-0.2, -0.15) is 4.31 Å². The van der Waals surface area contributed by atoms with E-state index < -0.39 is 10.0 Å². The summed E-state index contributed by atoms with van der Waals surface area (Å²) in [6, 6.07) is 1.65. The lowest BCUT2D eigenvalue weighted by Crippen LogP contribution is -2.49. The molecule has 19 heavy (non-hydrogen) atoms. The van der Waals surface area contributed by atoms with Gasteiger partial charge >= 0.3 is 0 Å². The van der Waals surface area contributed by atoms with Crippen LogP contribution in [0, 0.1) is 6.92 Å². The Kier molecular flexibility index (Phi) is 4.34. The molecule has 0 atom stereocenters. The van der Waals surface area contributed by atoms with E-state index in [9.17, 15) is 13.2 Å². The normalized spacial score (nSPS) is 17.7. The fraction of sp³-hybridized carbons (Fsp3) is 0.545. The maximum absolute atomic E-state index is 12.5. The van der Waals surface area contributed by atoms with Crippen LogP contribution in [0.1, 0.15) is 11.8 Å². The van der Waals surface area contributed by atoms with Gasteiger partial charge < -0.3 is 4.90 Å². The highest BCUT2D eigenvalue weighted by molar-refractivity contribution is 9.11. The Morgan fingerprint density at radius 2 is 1.89 bits per heavy atom. The first-order valence-corrected chi connectivity index (χ1v) is 8.89. The second kappa shape index (κ2) is 5.51. The molecule has 0 aliphatic carbocycles. The van der Waals surface area contributed by atoms with Crippen molar-refractivity contribution in [2.24, 2.45) is 0 Å². The number of piperazine rings is 1. The zero-order valence-electron chi connectivity index (χ0n) is 10.7. The van der Waals surface area contributed by atoms with Crippen LogP contribution in [0.5, 0.6) is 0 Å². The Hall–Kier alpha value is -0.440. The third-order valence-electron chi connectivity index (χ3n) is 3.14. The summed E-state index contributed by atoms with van der Waals surface area (Å²) in [6.45, 7) is 4.93. The van der Waals surface area contributed by atoms with E-state index in [4.69, 9.17) is 0 Å². The topological polar surface area (TPSA) is 57.7 Å². The van der Waals surface area contributed by atoms with E-state index in [1.165, 1.54) is 22.6 Å². The number of amides is 1. The van der Waals surface area contributed by atoms with E-state index in [1.807, 2.05) is 0 Å². The van der Waals surface area contributed by atoms with Crippen LogP contribution in [0.4, 0.5) is 0 Å². The number of aryl methyl sites for hydroxylation is 1. The Bertz CT molecular complexity index is 589.